The number of halogens is 4. The maximum absolute atomic E-state index is 12.6. The molecule has 0 aliphatic heterocycles. The summed E-state index contributed by atoms with van der Waals surface area (Å²) in [5.41, 5.74) is 1.79. The molecule has 0 heterocycles. The lowest BCUT2D eigenvalue weighted by Gasteiger charge is -2.10. The fourth-order valence-electron chi connectivity index (χ4n) is 1.67. The minimum atomic E-state index is -2.43. The van der Waals surface area contributed by atoms with Gasteiger partial charge in [0.1, 0.15) is 0 Å². The molecule has 0 saturated heterocycles. The van der Waals surface area contributed by atoms with Gasteiger partial charge >= 0.3 is 0 Å². The summed E-state index contributed by atoms with van der Waals surface area (Å²) in [4.78, 5) is 0. The van der Waals surface area contributed by atoms with Gasteiger partial charge in [-0.1, -0.05) is 34.1 Å². The predicted molar refractivity (Wildman–Crippen MR) is 80.6 cm³/mol. The van der Waals surface area contributed by atoms with E-state index in [1.807, 2.05) is 24.3 Å². The second kappa shape index (κ2) is 6.48. The van der Waals surface area contributed by atoms with Crippen LogP contribution in [0, 0.1) is 0 Å². The van der Waals surface area contributed by atoms with E-state index < -0.39 is 6.43 Å². The first-order valence-electron chi connectivity index (χ1n) is 5.62. The molecule has 0 aromatic heterocycles. The van der Waals surface area contributed by atoms with Crippen LogP contribution in [0.5, 0.6) is 0 Å². The number of hydrogen-bond acceptors (Lipinski definition) is 1. The molecule has 0 fully saturated rings. The lowest BCUT2D eigenvalue weighted by molar-refractivity contribution is 0.151. The van der Waals surface area contributed by atoms with Gasteiger partial charge < -0.3 is 5.32 Å². The molecule has 100 valence electrons. The van der Waals surface area contributed by atoms with Gasteiger partial charge in [-0.3, -0.25) is 0 Å². The Kier molecular flexibility index (Phi) is 4.93. The first kappa shape index (κ1) is 14.5. The number of nitrogens with one attached hydrogen (secondary N) is 1. The molecule has 0 saturated carbocycles. The normalized spacial score (nSPS) is 10.8. The highest BCUT2D eigenvalue weighted by molar-refractivity contribution is 9.11. The Hall–Kier alpha value is -0.940. The van der Waals surface area contributed by atoms with Crippen LogP contribution in [-0.4, -0.2) is 0 Å². The molecule has 0 spiro atoms. The summed E-state index contributed by atoms with van der Waals surface area (Å²) in [5, 5.41) is 3.21. The van der Waals surface area contributed by atoms with Crippen molar-refractivity contribution in [2.24, 2.45) is 0 Å². The lowest BCUT2D eigenvalue weighted by Crippen LogP contribution is -2.00. The highest BCUT2D eigenvalue weighted by Gasteiger charge is 2.07. The Labute approximate surface area is 127 Å². The molecule has 0 bridgehead atoms. The van der Waals surface area contributed by atoms with E-state index >= 15 is 0 Å². The van der Waals surface area contributed by atoms with Crippen LogP contribution in [0.2, 0.25) is 0 Å². The van der Waals surface area contributed by atoms with E-state index in [1.54, 1.807) is 6.07 Å². The summed E-state index contributed by atoms with van der Waals surface area (Å²) in [6.07, 6.45) is -2.43. The molecule has 0 amide bonds. The number of hydrogen-bond donors (Lipinski definition) is 1. The number of rotatable bonds is 4. The van der Waals surface area contributed by atoms with E-state index in [-0.39, 0.29) is 5.56 Å². The molecule has 5 heteroatoms. The van der Waals surface area contributed by atoms with Crippen LogP contribution < -0.4 is 5.32 Å². The van der Waals surface area contributed by atoms with Gasteiger partial charge in [-0.2, -0.15) is 0 Å². The van der Waals surface area contributed by atoms with Crippen molar-refractivity contribution in [1.29, 1.82) is 0 Å². The summed E-state index contributed by atoms with van der Waals surface area (Å²) < 4.78 is 27.1. The van der Waals surface area contributed by atoms with E-state index in [4.69, 9.17) is 0 Å². The van der Waals surface area contributed by atoms with E-state index in [2.05, 4.69) is 37.2 Å². The molecule has 0 unspecified atom stereocenters. The Morgan fingerprint density at radius 3 is 2.58 bits per heavy atom. The van der Waals surface area contributed by atoms with Gasteiger partial charge in [0.15, 0.2) is 0 Å². The van der Waals surface area contributed by atoms with E-state index in [1.165, 1.54) is 12.1 Å². The second-order valence-corrected chi connectivity index (χ2v) is 5.79. The van der Waals surface area contributed by atoms with Gasteiger partial charge in [0.2, 0.25) is 0 Å². The molecular weight excluding hydrogens is 380 g/mol. The minimum Gasteiger partial charge on any atom is -0.380 e. The third-order valence-corrected chi connectivity index (χ3v) is 3.80. The van der Waals surface area contributed by atoms with Gasteiger partial charge in [-0.25, -0.2) is 8.78 Å². The van der Waals surface area contributed by atoms with Gasteiger partial charge in [0.25, 0.3) is 6.43 Å². The Morgan fingerprint density at radius 2 is 1.84 bits per heavy atom. The highest BCUT2D eigenvalue weighted by Crippen LogP contribution is 2.27. The van der Waals surface area contributed by atoms with Gasteiger partial charge in [0.05, 0.1) is 0 Å². The monoisotopic (exact) mass is 389 g/mol. The third kappa shape index (κ3) is 4.01. The van der Waals surface area contributed by atoms with Crippen LogP contribution in [-0.2, 0) is 6.54 Å². The SMILES string of the molecule is FC(F)c1cccc(CNc2cc(Br)ccc2Br)c1. The van der Waals surface area contributed by atoms with Gasteiger partial charge in [0, 0.05) is 26.7 Å². The Balaban J connectivity index is 2.10. The van der Waals surface area contributed by atoms with E-state index in [9.17, 15) is 8.78 Å². The summed E-state index contributed by atoms with van der Waals surface area (Å²) in [6, 6.07) is 12.2. The molecule has 1 nitrogen and oxygen atoms in total. The zero-order valence-electron chi connectivity index (χ0n) is 9.84. The minimum absolute atomic E-state index is 0.0487. The van der Waals surface area contributed by atoms with Gasteiger partial charge in [-0.05, 0) is 45.8 Å². The molecular formula is C14H11Br2F2N. The molecule has 0 aliphatic carbocycles. The molecule has 2 aromatic carbocycles. The molecule has 2 aromatic rings. The zero-order valence-corrected chi connectivity index (χ0v) is 13.0. The molecule has 19 heavy (non-hydrogen) atoms. The van der Waals surface area contributed by atoms with Crippen molar-refractivity contribution in [3.63, 3.8) is 0 Å². The average Bonchev–Trinajstić information content (AvgIpc) is 2.40. The van der Waals surface area contributed by atoms with Crippen molar-refractivity contribution in [2.45, 2.75) is 13.0 Å². The molecule has 0 aliphatic rings. The van der Waals surface area contributed by atoms with Gasteiger partial charge in [-0.15, -0.1) is 0 Å². The largest absolute Gasteiger partial charge is 0.380 e. The first-order valence-corrected chi connectivity index (χ1v) is 7.21. The smallest absolute Gasteiger partial charge is 0.263 e. The maximum atomic E-state index is 12.6. The van der Waals surface area contributed by atoms with Crippen LogP contribution in [0.4, 0.5) is 14.5 Å². The average molecular weight is 391 g/mol. The fraction of sp³-hybridized carbons (Fsp3) is 0.143. The number of alkyl halides is 2. The lowest BCUT2D eigenvalue weighted by atomic mass is 10.1. The second-order valence-electron chi connectivity index (χ2n) is 4.02. The van der Waals surface area contributed by atoms with Crippen LogP contribution in [0.15, 0.2) is 51.4 Å². The van der Waals surface area contributed by atoms with E-state index in [0.717, 1.165) is 20.2 Å². The van der Waals surface area contributed by atoms with Crippen molar-refractivity contribution < 1.29 is 8.78 Å². The van der Waals surface area contributed by atoms with Crippen LogP contribution in [0.3, 0.4) is 0 Å². The summed E-state index contributed by atoms with van der Waals surface area (Å²) in [7, 11) is 0. The fourth-order valence-corrected chi connectivity index (χ4v) is 2.42. The summed E-state index contributed by atoms with van der Waals surface area (Å²) >= 11 is 6.83. The topological polar surface area (TPSA) is 12.0 Å². The predicted octanol–water partition coefficient (Wildman–Crippen LogP) is 5.76. The molecule has 1 N–H and O–H groups in total. The summed E-state index contributed by atoms with van der Waals surface area (Å²) in [5.74, 6) is 0. The quantitative estimate of drug-likeness (QED) is 0.699. The van der Waals surface area contributed by atoms with Crippen LogP contribution >= 0.6 is 31.9 Å². The van der Waals surface area contributed by atoms with Crippen molar-refractivity contribution in [2.75, 3.05) is 5.32 Å². The maximum Gasteiger partial charge on any atom is 0.263 e. The number of anilines is 1. The van der Waals surface area contributed by atoms with Crippen molar-refractivity contribution in [1.82, 2.24) is 0 Å². The Bertz CT molecular complexity index is 573. The van der Waals surface area contributed by atoms with Crippen LogP contribution in [0.1, 0.15) is 17.6 Å². The standard InChI is InChI=1S/C14H11Br2F2N/c15-11-4-5-12(16)13(7-11)19-8-9-2-1-3-10(6-9)14(17)18/h1-7,14,19H,8H2. The summed E-state index contributed by atoms with van der Waals surface area (Å²) in [6.45, 7) is 0.496. The van der Waals surface area contributed by atoms with Crippen LogP contribution in [0.25, 0.3) is 0 Å². The van der Waals surface area contributed by atoms with E-state index in [0.29, 0.717) is 6.54 Å². The molecule has 0 radical (unpaired) electrons. The Morgan fingerprint density at radius 1 is 1.05 bits per heavy atom. The number of benzene rings is 2. The molecule has 0 atom stereocenters. The van der Waals surface area contributed by atoms with Crippen molar-refractivity contribution >= 4 is 37.5 Å². The molecule has 2 rings (SSSR count). The zero-order chi connectivity index (χ0) is 13.8. The highest BCUT2D eigenvalue weighted by atomic mass is 79.9. The first-order chi connectivity index (χ1) is 9.06. The van der Waals surface area contributed by atoms with Crippen molar-refractivity contribution in [3.8, 4) is 0 Å². The van der Waals surface area contributed by atoms with Crippen molar-refractivity contribution in [3.05, 3.63) is 62.5 Å². The third-order valence-electron chi connectivity index (χ3n) is 2.61.